The molecule has 24 heavy (non-hydrogen) atoms. The molecule has 4 nitrogen and oxygen atoms in total. The SMILES string of the molecule is Cc1oc(-c2cccs2)nc1CCNC(=O)CCc1ccccc1. The lowest BCUT2D eigenvalue weighted by molar-refractivity contribution is -0.121. The van der Waals surface area contributed by atoms with Crippen molar-refractivity contribution in [1.29, 1.82) is 0 Å². The van der Waals surface area contributed by atoms with Gasteiger partial charge in [0.15, 0.2) is 0 Å². The van der Waals surface area contributed by atoms with E-state index in [-0.39, 0.29) is 5.91 Å². The average molecular weight is 340 g/mol. The highest BCUT2D eigenvalue weighted by Crippen LogP contribution is 2.25. The van der Waals surface area contributed by atoms with Crippen LogP contribution in [-0.2, 0) is 17.6 Å². The Morgan fingerprint density at radius 2 is 2.00 bits per heavy atom. The Bertz CT molecular complexity index is 779. The van der Waals surface area contributed by atoms with E-state index in [9.17, 15) is 4.79 Å². The number of aryl methyl sites for hydroxylation is 2. The van der Waals surface area contributed by atoms with Crippen LogP contribution in [-0.4, -0.2) is 17.4 Å². The van der Waals surface area contributed by atoms with Crippen LogP contribution in [0.3, 0.4) is 0 Å². The lowest BCUT2D eigenvalue weighted by atomic mass is 10.1. The monoisotopic (exact) mass is 340 g/mol. The second kappa shape index (κ2) is 7.93. The highest BCUT2D eigenvalue weighted by molar-refractivity contribution is 7.13. The summed E-state index contributed by atoms with van der Waals surface area (Å²) < 4.78 is 5.71. The number of thiophene rings is 1. The first kappa shape index (κ1) is 16.5. The first-order valence-electron chi connectivity index (χ1n) is 8.03. The molecule has 0 atom stereocenters. The largest absolute Gasteiger partial charge is 0.440 e. The van der Waals surface area contributed by atoms with E-state index in [2.05, 4.69) is 10.3 Å². The molecule has 1 aromatic carbocycles. The number of carbonyl (C=O) groups excluding carboxylic acids is 1. The Labute approximate surface area is 145 Å². The molecule has 0 bridgehead atoms. The molecule has 1 N–H and O–H groups in total. The van der Waals surface area contributed by atoms with E-state index in [0.29, 0.717) is 25.3 Å². The predicted molar refractivity (Wildman–Crippen MR) is 96.0 cm³/mol. The van der Waals surface area contributed by atoms with Crippen LogP contribution in [0.1, 0.15) is 23.4 Å². The number of amides is 1. The molecule has 0 aliphatic rings. The van der Waals surface area contributed by atoms with Gasteiger partial charge in [-0.05, 0) is 30.4 Å². The Morgan fingerprint density at radius 3 is 2.75 bits per heavy atom. The smallest absolute Gasteiger partial charge is 0.236 e. The minimum Gasteiger partial charge on any atom is -0.440 e. The lowest BCUT2D eigenvalue weighted by Gasteiger charge is -2.04. The van der Waals surface area contributed by atoms with Gasteiger partial charge in [-0.1, -0.05) is 36.4 Å². The summed E-state index contributed by atoms with van der Waals surface area (Å²) in [6, 6.07) is 14.0. The molecule has 124 valence electrons. The van der Waals surface area contributed by atoms with E-state index in [4.69, 9.17) is 4.42 Å². The Morgan fingerprint density at radius 1 is 1.17 bits per heavy atom. The van der Waals surface area contributed by atoms with Gasteiger partial charge in [0.05, 0.1) is 10.6 Å². The molecule has 0 saturated heterocycles. The van der Waals surface area contributed by atoms with E-state index in [1.165, 1.54) is 5.56 Å². The van der Waals surface area contributed by atoms with Crippen molar-refractivity contribution in [2.24, 2.45) is 0 Å². The second-order valence-corrected chi connectivity index (χ2v) is 6.53. The molecule has 0 unspecified atom stereocenters. The standard InChI is InChI=1S/C19H20N2O2S/c1-14-16(21-19(23-14)17-8-5-13-24-17)11-12-20-18(22)10-9-15-6-3-2-4-7-15/h2-8,13H,9-12H2,1H3,(H,20,22). The van der Waals surface area contributed by atoms with E-state index < -0.39 is 0 Å². The summed E-state index contributed by atoms with van der Waals surface area (Å²) in [5, 5.41) is 4.96. The van der Waals surface area contributed by atoms with Crippen LogP contribution < -0.4 is 5.32 Å². The molecule has 2 heterocycles. The van der Waals surface area contributed by atoms with E-state index in [1.54, 1.807) is 11.3 Å². The molecule has 0 spiro atoms. The molecule has 1 amide bonds. The number of aromatic nitrogens is 1. The molecule has 5 heteroatoms. The molecular formula is C19H20N2O2S. The van der Waals surface area contributed by atoms with Crippen LogP contribution in [0.25, 0.3) is 10.8 Å². The Balaban J connectivity index is 1.45. The van der Waals surface area contributed by atoms with Gasteiger partial charge in [0.1, 0.15) is 5.76 Å². The third-order valence-corrected chi connectivity index (χ3v) is 4.65. The van der Waals surface area contributed by atoms with Gasteiger partial charge in [-0.25, -0.2) is 4.98 Å². The van der Waals surface area contributed by atoms with Crippen molar-refractivity contribution in [3.63, 3.8) is 0 Å². The highest BCUT2D eigenvalue weighted by atomic mass is 32.1. The van der Waals surface area contributed by atoms with Crippen LogP contribution in [0, 0.1) is 6.92 Å². The first-order chi connectivity index (χ1) is 11.7. The fraction of sp³-hybridized carbons (Fsp3) is 0.263. The van der Waals surface area contributed by atoms with Crippen LogP contribution in [0.15, 0.2) is 52.3 Å². The van der Waals surface area contributed by atoms with E-state index >= 15 is 0 Å². The normalized spacial score (nSPS) is 10.7. The molecule has 0 aliphatic carbocycles. The maximum Gasteiger partial charge on any atom is 0.236 e. The van der Waals surface area contributed by atoms with Crippen molar-refractivity contribution in [3.05, 3.63) is 64.9 Å². The van der Waals surface area contributed by atoms with Gasteiger partial charge in [-0.2, -0.15) is 0 Å². The number of benzene rings is 1. The number of carbonyl (C=O) groups is 1. The van der Waals surface area contributed by atoms with Gasteiger partial charge in [-0.3, -0.25) is 4.79 Å². The van der Waals surface area contributed by atoms with Crippen molar-refractivity contribution in [2.75, 3.05) is 6.54 Å². The highest BCUT2D eigenvalue weighted by Gasteiger charge is 2.12. The summed E-state index contributed by atoms with van der Waals surface area (Å²) in [5.74, 6) is 1.54. The van der Waals surface area contributed by atoms with E-state index in [0.717, 1.165) is 22.8 Å². The van der Waals surface area contributed by atoms with Gasteiger partial charge < -0.3 is 9.73 Å². The maximum atomic E-state index is 11.9. The Hall–Kier alpha value is -2.40. The van der Waals surface area contributed by atoms with Crippen LogP contribution in [0.4, 0.5) is 0 Å². The van der Waals surface area contributed by atoms with Crippen LogP contribution in [0.5, 0.6) is 0 Å². The first-order valence-corrected chi connectivity index (χ1v) is 8.91. The fourth-order valence-electron chi connectivity index (χ4n) is 2.48. The number of nitrogens with one attached hydrogen (secondary N) is 1. The van der Waals surface area contributed by atoms with Crippen LogP contribution >= 0.6 is 11.3 Å². The summed E-state index contributed by atoms with van der Waals surface area (Å²) >= 11 is 1.61. The number of hydrogen-bond acceptors (Lipinski definition) is 4. The van der Waals surface area contributed by atoms with Crippen molar-refractivity contribution in [3.8, 4) is 10.8 Å². The minimum atomic E-state index is 0.0680. The summed E-state index contributed by atoms with van der Waals surface area (Å²) in [7, 11) is 0. The van der Waals surface area contributed by atoms with Crippen molar-refractivity contribution in [1.82, 2.24) is 10.3 Å². The number of hydrogen-bond donors (Lipinski definition) is 1. The third kappa shape index (κ3) is 4.32. The maximum absolute atomic E-state index is 11.9. The fourth-order valence-corrected chi connectivity index (χ4v) is 3.13. The van der Waals surface area contributed by atoms with E-state index in [1.807, 2.05) is 54.8 Å². The molecule has 0 fully saturated rings. The molecule has 0 aliphatic heterocycles. The summed E-state index contributed by atoms with van der Waals surface area (Å²) in [5.41, 5.74) is 2.09. The van der Waals surface area contributed by atoms with Gasteiger partial charge >= 0.3 is 0 Å². The molecule has 0 radical (unpaired) electrons. The summed E-state index contributed by atoms with van der Waals surface area (Å²) in [6.07, 6.45) is 1.94. The topological polar surface area (TPSA) is 55.1 Å². The molecule has 0 saturated carbocycles. The number of rotatable bonds is 7. The zero-order valence-corrected chi connectivity index (χ0v) is 14.4. The summed E-state index contributed by atoms with van der Waals surface area (Å²) in [6.45, 7) is 2.49. The quantitative estimate of drug-likeness (QED) is 0.707. The molecule has 2 aromatic heterocycles. The zero-order valence-electron chi connectivity index (χ0n) is 13.6. The minimum absolute atomic E-state index is 0.0680. The second-order valence-electron chi connectivity index (χ2n) is 5.58. The Kier molecular flexibility index (Phi) is 5.43. The van der Waals surface area contributed by atoms with Gasteiger partial charge in [0.2, 0.25) is 11.8 Å². The summed E-state index contributed by atoms with van der Waals surface area (Å²) in [4.78, 5) is 17.5. The predicted octanol–water partition coefficient (Wildman–Crippen LogP) is 4.00. The zero-order chi connectivity index (χ0) is 16.8. The number of nitrogens with zero attached hydrogens (tertiary/aromatic N) is 1. The van der Waals surface area contributed by atoms with Crippen molar-refractivity contribution < 1.29 is 9.21 Å². The molecular weight excluding hydrogens is 320 g/mol. The number of oxazole rings is 1. The van der Waals surface area contributed by atoms with Crippen molar-refractivity contribution >= 4 is 17.2 Å². The van der Waals surface area contributed by atoms with Crippen LogP contribution in [0.2, 0.25) is 0 Å². The lowest BCUT2D eigenvalue weighted by Crippen LogP contribution is -2.26. The molecule has 3 rings (SSSR count). The molecule has 3 aromatic rings. The van der Waals surface area contributed by atoms with Crippen molar-refractivity contribution in [2.45, 2.75) is 26.2 Å². The van der Waals surface area contributed by atoms with Gasteiger partial charge in [0, 0.05) is 19.4 Å². The van der Waals surface area contributed by atoms with Gasteiger partial charge in [-0.15, -0.1) is 11.3 Å². The third-order valence-electron chi connectivity index (χ3n) is 3.79. The average Bonchev–Trinajstić information content (AvgIpc) is 3.24. The van der Waals surface area contributed by atoms with Gasteiger partial charge in [0.25, 0.3) is 0 Å².